The number of hydrogen-bond donors (Lipinski definition) is 3. The summed E-state index contributed by atoms with van der Waals surface area (Å²) in [4.78, 5) is 57.2. The van der Waals surface area contributed by atoms with Crippen LogP contribution in [0.25, 0.3) is 10.9 Å². The zero-order valence-electron chi connectivity index (χ0n) is 19.5. The number of nitrogens with one attached hydrogen (secondary N) is 2. The molecular formula is C23H28N4O6S. The summed E-state index contributed by atoms with van der Waals surface area (Å²) >= 11 is 1.47. The number of carboxylic acids is 1. The van der Waals surface area contributed by atoms with Crippen LogP contribution in [0.5, 0.6) is 5.75 Å². The van der Waals surface area contributed by atoms with Gasteiger partial charge < -0.3 is 25.0 Å². The number of nitrogens with zero attached hydrogens (tertiary/aromatic N) is 2. The Morgan fingerprint density at radius 2 is 2.09 bits per heavy atom. The third kappa shape index (κ3) is 3.58. The highest BCUT2D eigenvalue weighted by molar-refractivity contribution is 7.98. The fourth-order valence-electron chi connectivity index (χ4n) is 4.82. The number of aromatic nitrogens is 1. The molecule has 0 aliphatic carbocycles. The third-order valence-corrected chi connectivity index (χ3v) is 7.43. The van der Waals surface area contributed by atoms with Gasteiger partial charge in [-0.2, -0.15) is 11.8 Å². The maximum absolute atomic E-state index is 13.7. The van der Waals surface area contributed by atoms with Gasteiger partial charge in [-0.3, -0.25) is 9.59 Å². The van der Waals surface area contributed by atoms with E-state index in [1.54, 1.807) is 14.0 Å². The Hall–Kier alpha value is -3.21. The second-order valence-corrected chi connectivity index (χ2v) is 9.66. The van der Waals surface area contributed by atoms with Gasteiger partial charge in [0.05, 0.1) is 12.8 Å². The summed E-state index contributed by atoms with van der Waals surface area (Å²) in [5.74, 6) is -1.11. The normalized spacial score (nSPS) is 21.3. The first-order chi connectivity index (χ1) is 16.1. The molecule has 0 spiro atoms. The molecule has 0 saturated carbocycles. The van der Waals surface area contributed by atoms with E-state index < -0.39 is 41.4 Å². The molecule has 3 unspecified atom stereocenters. The van der Waals surface area contributed by atoms with Crippen LogP contribution in [0.3, 0.4) is 0 Å². The minimum absolute atomic E-state index is 0.239. The summed E-state index contributed by atoms with van der Waals surface area (Å²) in [6, 6.07) is 2.78. The quantitative estimate of drug-likeness (QED) is 0.484. The Morgan fingerprint density at radius 1 is 1.35 bits per heavy atom. The zero-order chi connectivity index (χ0) is 24.8. The summed E-state index contributed by atoms with van der Waals surface area (Å²) in [5, 5.41) is 12.8. The molecule has 2 aliphatic rings. The van der Waals surface area contributed by atoms with Crippen LogP contribution in [-0.4, -0.2) is 81.5 Å². The average Bonchev–Trinajstić information content (AvgIpc) is 3.28. The minimum atomic E-state index is -1.30. The number of carbonyl (C=O) groups excluding carboxylic acids is 3. The Kier molecular flexibility index (Phi) is 6.24. The number of carbonyl (C=O) groups is 4. The van der Waals surface area contributed by atoms with Crippen molar-refractivity contribution in [3.05, 3.63) is 29.5 Å². The first-order valence-corrected chi connectivity index (χ1v) is 12.4. The number of fused-ring (bicyclic) bond motifs is 5. The zero-order valence-corrected chi connectivity index (χ0v) is 20.3. The van der Waals surface area contributed by atoms with Crippen LogP contribution in [-0.2, 0) is 26.3 Å². The van der Waals surface area contributed by atoms with Crippen molar-refractivity contribution >= 4 is 46.5 Å². The number of carboxylic acid groups (broad SMARTS) is 1. The van der Waals surface area contributed by atoms with Gasteiger partial charge in [-0.1, -0.05) is 0 Å². The molecule has 3 heterocycles. The maximum atomic E-state index is 13.7. The fraction of sp³-hybridized carbons (Fsp3) is 0.478. The highest BCUT2D eigenvalue weighted by Crippen LogP contribution is 2.45. The highest BCUT2D eigenvalue weighted by Gasteiger charge is 2.60. The number of urea groups is 1. The van der Waals surface area contributed by atoms with Crippen molar-refractivity contribution in [2.75, 3.05) is 25.7 Å². The Bertz CT molecular complexity index is 1180. The fourth-order valence-corrected chi connectivity index (χ4v) is 5.29. The average molecular weight is 489 g/mol. The van der Waals surface area contributed by atoms with Gasteiger partial charge in [0.15, 0.2) is 5.54 Å². The van der Waals surface area contributed by atoms with Gasteiger partial charge in [0.2, 0.25) is 5.91 Å². The van der Waals surface area contributed by atoms with E-state index in [9.17, 15) is 24.3 Å². The summed E-state index contributed by atoms with van der Waals surface area (Å²) in [7, 11) is 1.59. The number of imide groups is 1. The molecule has 34 heavy (non-hydrogen) atoms. The third-order valence-electron chi connectivity index (χ3n) is 6.79. The molecule has 0 bridgehead atoms. The van der Waals surface area contributed by atoms with Crippen LogP contribution in [0.4, 0.5) is 4.79 Å². The van der Waals surface area contributed by atoms with E-state index in [1.807, 2.05) is 24.5 Å². The molecule has 10 nitrogen and oxygen atoms in total. The molecule has 1 aromatic heterocycles. The van der Waals surface area contributed by atoms with Crippen molar-refractivity contribution in [1.82, 2.24) is 20.1 Å². The molecule has 4 amide bonds. The summed E-state index contributed by atoms with van der Waals surface area (Å²) in [5.41, 5.74) is 1.10. The van der Waals surface area contributed by atoms with Crippen LogP contribution >= 0.6 is 11.8 Å². The van der Waals surface area contributed by atoms with Gasteiger partial charge in [-0.05, 0) is 62.5 Å². The molecule has 182 valence electrons. The van der Waals surface area contributed by atoms with Crippen LogP contribution in [0.1, 0.15) is 31.5 Å². The lowest BCUT2D eigenvalue weighted by Crippen LogP contribution is -2.53. The van der Waals surface area contributed by atoms with Crippen LogP contribution in [0.2, 0.25) is 0 Å². The molecule has 1 aromatic carbocycles. The van der Waals surface area contributed by atoms with Crippen molar-refractivity contribution in [2.45, 2.75) is 44.3 Å². The first-order valence-electron chi connectivity index (χ1n) is 11.0. The van der Waals surface area contributed by atoms with E-state index in [2.05, 4.69) is 10.3 Å². The molecule has 3 atom stereocenters. The van der Waals surface area contributed by atoms with Crippen molar-refractivity contribution in [3.8, 4) is 5.75 Å². The molecule has 3 N–H and O–H groups in total. The Morgan fingerprint density at radius 3 is 2.74 bits per heavy atom. The SMILES string of the molecule is COc1ccc2[nH]c3c(c2c1)CCN1C(=O)N(C(C)C(=O)NC(CCSC)C(=O)O)C(=O)C31C. The summed E-state index contributed by atoms with van der Waals surface area (Å²) in [6.45, 7) is 3.44. The van der Waals surface area contributed by atoms with Crippen LogP contribution in [0.15, 0.2) is 18.2 Å². The molecule has 1 fully saturated rings. The van der Waals surface area contributed by atoms with E-state index in [0.29, 0.717) is 30.2 Å². The number of ether oxygens (including phenoxy) is 1. The molecule has 0 radical (unpaired) electrons. The van der Waals surface area contributed by atoms with E-state index in [4.69, 9.17) is 4.74 Å². The van der Waals surface area contributed by atoms with Gasteiger partial charge in [0.1, 0.15) is 17.8 Å². The lowest BCUT2D eigenvalue weighted by molar-refractivity contribution is -0.143. The van der Waals surface area contributed by atoms with Crippen LogP contribution < -0.4 is 10.1 Å². The topological polar surface area (TPSA) is 132 Å². The van der Waals surface area contributed by atoms with E-state index >= 15 is 0 Å². The molecule has 2 aromatic rings. The monoisotopic (exact) mass is 488 g/mol. The number of H-pyrrole nitrogens is 1. The second kappa shape index (κ2) is 8.86. The molecule has 11 heteroatoms. The van der Waals surface area contributed by atoms with Gasteiger partial charge in [-0.25, -0.2) is 14.5 Å². The Labute approximate surface area is 201 Å². The first kappa shape index (κ1) is 23.9. The van der Waals surface area contributed by atoms with Crippen LogP contribution in [0, 0.1) is 0 Å². The van der Waals surface area contributed by atoms with Gasteiger partial charge in [0, 0.05) is 17.4 Å². The number of benzene rings is 1. The van der Waals surface area contributed by atoms with E-state index in [0.717, 1.165) is 21.4 Å². The summed E-state index contributed by atoms with van der Waals surface area (Å²) in [6.07, 6.45) is 2.63. The largest absolute Gasteiger partial charge is 0.497 e. The molecule has 1 saturated heterocycles. The number of amides is 4. The lowest BCUT2D eigenvalue weighted by atomic mass is 9.87. The van der Waals surface area contributed by atoms with E-state index in [-0.39, 0.29) is 6.42 Å². The Balaban J connectivity index is 1.65. The summed E-state index contributed by atoms with van der Waals surface area (Å²) < 4.78 is 5.34. The molecule has 2 aliphatic heterocycles. The number of rotatable bonds is 8. The highest BCUT2D eigenvalue weighted by atomic mass is 32.2. The maximum Gasteiger partial charge on any atom is 0.328 e. The smallest absolute Gasteiger partial charge is 0.328 e. The van der Waals surface area contributed by atoms with E-state index in [1.165, 1.54) is 23.6 Å². The number of aliphatic carboxylic acids is 1. The van der Waals surface area contributed by atoms with Gasteiger partial charge in [-0.15, -0.1) is 0 Å². The predicted octanol–water partition coefficient (Wildman–Crippen LogP) is 1.92. The predicted molar refractivity (Wildman–Crippen MR) is 127 cm³/mol. The molecular weight excluding hydrogens is 460 g/mol. The number of hydrogen-bond acceptors (Lipinski definition) is 6. The van der Waals surface area contributed by atoms with Crippen molar-refractivity contribution in [2.24, 2.45) is 0 Å². The molecule has 4 rings (SSSR count). The van der Waals surface area contributed by atoms with Crippen molar-refractivity contribution in [3.63, 3.8) is 0 Å². The van der Waals surface area contributed by atoms with Crippen molar-refractivity contribution < 1.29 is 29.0 Å². The lowest BCUT2D eigenvalue weighted by Gasteiger charge is -2.36. The number of aromatic amines is 1. The minimum Gasteiger partial charge on any atom is -0.497 e. The van der Waals surface area contributed by atoms with Gasteiger partial charge in [0.25, 0.3) is 5.91 Å². The standard InChI is InChI=1S/C23H28N4O6S/c1-12(19(28)25-17(20(29)30)8-10-34-4)27-21(31)23(2)18-14(7-9-26(23)22(27)32)15-11-13(33-3)5-6-16(15)24-18/h5-6,11-12,17,24H,7-10H2,1-4H3,(H,25,28)(H,29,30). The van der Waals surface area contributed by atoms with Crippen molar-refractivity contribution in [1.29, 1.82) is 0 Å². The number of methoxy groups -OCH3 is 1. The second-order valence-electron chi connectivity index (χ2n) is 8.68. The van der Waals surface area contributed by atoms with Gasteiger partial charge >= 0.3 is 12.0 Å². The number of thioether (sulfide) groups is 1.